The van der Waals surface area contributed by atoms with Gasteiger partial charge in [0.1, 0.15) is 6.33 Å². The van der Waals surface area contributed by atoms with Crippen LogP contribution < -0.4 is 21.3 Å². The first-order valence-electron chi connectivity index (χ1n) is 6.08. The first-order valence-corrected chi connectivity index (χ1v) is 6.08. The highest BCUT2D eigenvalue weighted by molar-refractivity contribution is 5.63. The van der Waals surface area contributed by atoms with Gasteiger partial charge in [0.15, 0.2) is 11.6 Å². The molecule has 1 aromatic carbocycles. The Bertz CT molecular complexity index is 550. The molecular weight excluding hydrogens is 258 g/mol. The smallest absolute Gasteiger partial charge is 0.205 e. The van der Waals surface area contributed by atoms with E-state index in [2.05, 4.69) is 20.7 Å². The van der Waals surface area contributed by atoms with Crippen LogP contribution in [0, 0.1) is 0 Å². The zero-order valence-corrected chi connectivity index (χ0v) is 11.1. The fourth-order valence-electron chi connectivity index (χ4n) is 1.78. The lowest BCUT2D eigenvalue weighted by Gasteiger charge is -2.15. The van der Waals surface area contributed by atoms with Gasteiger partial charge in [-0.1, -0.05) is 30.3 Å². The maximum Gasteiger partial charge on any atom is 0.205 e. The summed E-state index contributed by atoms with van der Waals surface area (Å²) in [5.41, 5.74) is 3.25. The lowest BCUT2D eigenvalue weighted by atomic mass is 10.1. The highest BCUT2D eigenvalue weighted by Gasteiger charge is 2.13. The van der Waals surface area contributed by atoms with Crippen LogP contribution >= 0.6 is 0 Å². The molecule has 0 aliphatic carbocycles. The van der Waals surface area contributed by atoms with E-state index >= 15 is 0 Å². The number of hydrogen-bond acceptors (Lipinski definition) is 7. The zero-order valence-electron chi connectivity index (χ0n) is 11.1. The molecule has 0 bridgehead atoms. The third kappa shape index (κ3) is 3.14. The Hall–Kier alpha value is -2.38. The van der Waals surface area contributed by atoms with Crippen LogP contribution in [0.25, 0.3) is 0 Å². The number of benzene rings is 1. The Morgan fingerprint density at radius 2 is 1.95 bits per heavy atom. The molecule has 20 heavy (non-hydrogen) atoms. The van der Waals surface area contributed by atoms with Crippen molar-refractivity contribution in [1.29, 1.82) is 0 Å². The number of hydrogen-bond donors (Lipinski definition) is 4. The fraction of sp³-hybridized carbons (Fsp3) is 0.231. The molecule has 1 unspecified atom stereocenters. The molecule has 1 aromatic heterocycles. The summed E-state index contributed by atoms with van der Waals surface area (Å²) >= 11 is 0. The second-order valence-electron chi connectivity index (χ2n) is 4.06. The molecule has 7 nitrogen and oxygen atoms in total. The molecule has 0 fully saturated rings. The summed E-state index contributed by atoms with van der Waals surface area (Å²) in [4.78, 5) is 8.01. The second-order valence-corrected chi connectivity index (χ2v) is 4.06. The van der Waals surface area contributed by atoms with Gasteiger partial charge in [0.05, 0.1) is 13.2 Å². The fourth-order valence-corrected chi connectivity index (χ4v) is 1.78. The molecule has 0 radical (unpaired) electrons. The summed E-state index contributed by atoms with van der Waals surface area (Å²) in [5, 5.41) is 13.1. The number of aliphatic hydroxyl groups excluding tert-OH is 1. The number of methoxy groups -OCH3 is 1. The van der Waals surface area contributed by atoms with E-state index in [4.69, 9.17) is 10.6 Å². The SMILES string of the molecule is COc1c(NN)ncnc1NCC(O)c1ccccc1. The Labute approximate surface area is 116 Å². The van der Waals surface area contributed by atoms with Crippen molar-refractivity contribution in [2.45, 2.75) is 6.10 Å². The molecule has 0 spiro atoms. The van der Waals surface area contributed by atoms with Crippen molar-refractivity contribution in [3.63, 3.8) is 0 Å². The molecule has 0 aliphatic rings. The van der Waals surface area contributed by atoms with Crippen LogP contribution in [-0.2, 0) is 0 Å². The Morgan fingerprint density at radius 3 is 2.60 bits per heavy atom. The molecule has 1 atom stereocenters. The number of anilines is 2. The lowest BCUT2D eigenvalue weighted by molar-refractivity contribution is 0.191. The van der Waals surface area contributed by atoms with Crippen molar-refractivity contribution in [3.05, 3.63) is 42.2 Å². The van der Waals surface area contributed by atoms with Crippen LogP contribution in [0.4, 0.5) is 11.6 Å². The van der Waals surface area contributed by atoms with Crippen LogP contribution in [0.15, 0.2) is 36.7 Å². The van der Waals surface area contributed by atoms with Crippen LogP contribution in [0.2, 0.25) is 0 Å². The average molecular weight is 275 g/mol. The third-order valence-corrected chi connectivity index (χ3v) is 2.79. The van der Waals surface area contributed by atoms with E-state index in [0.717, 1.165) is 5.56 Å². The minimum absolute atomic E-state index is 0.293. The van der Waals surface area contributed by atoms with Gasteiger partial charge in [-0.3, -0.25) is 0 Å². The largest absolute Gasteiger partial charge is 0.490 e. The number of nitrogens with one attached hydrogen (secondary N) is 2. The van der Waals surface area contributed by atoms with Crippen molar-refractivity contribution < 1.29 is 9.84 Å². The number of nitrogens with two attached hydrogens (primary N) is 1. The molecule has 106 valence electrons. The lowest BCUT2D eigenvalue weighted by Crippen LogP contribution is -2.16. The number of nitrogen functional groups attached to an aromatic ring is 1. The van der Waals surface area contributed by atoms with Crippen molar-refractivity contribution in [1.82, 2.24) is 9.97 Å². The highest BCUT2D eigenvalue weighted by atomic mass is 16.5. The van der Waals surface area contributed by atoms with Crippen LogP contribution in [-0.4, -0.2) is 28.7 Å². The number of ether oxygens (including phenoxy) is 1. The Kier molecular flexibility index (Phi) is 4.70. The van der Waals surface area contributed by atoms with Gasteiger partial charge in [0.25, 0.3) is 0 Å². The van der Waals surface area contributed by atoms with Gasteiger partial charge in [0, 0.05) is 6.54 Å². The van der Waals surface area contributed by atoms with Gasteiger partial charge < -0.3 is 20.6 Å². The average Bonchev–Trinajstić information content (AvgIpc) is 2.52. The number of aromatic nitrogens is 2. The monoisotopic (exact) mass is 275 g/mol. The summed E-state index contributed by atoms with van der Waals surface area (Å²) in [7, 11) is 1.50. The molecule has 5 N–H and O–H groups in total. The topological polar surface area (TPSA) is 105 Å². The zero-order chi connectivity index (χ0) is 14.4. The van der Waals surface area contributed by atoms with Crippen molar-refractivity contribution in [2.24, 2.45) is 5.84 Å². The van der Waals surface area contributed by atoms with Gasteiger partial charge in [-0.15, -0.1) is 0 Å². The van der Waals surface area contributed by atoms with Gasteiger partial charge in [-0.2, -0.15) is 0 Å². The van der Waals surface area contributed by atoms with E-state index in [9.17, 15) is 5.11 Å². The van der Waals surface area contributed by atoms with Gasteiger partial charge in [0.2, 0.25) is 5.75 Å². The highest BCUT2D eigenvalue weighted by Crippen LogP contribution is 2.28. The summed E-state index contributed by atoms with van der Waals surface area (Å²) < 4.78 is 5.19. The van der Waals surface area contributed by atoms with Crippen LogP contribution in [0.5, 0.6) is 5.75 Å². The Morgan fingerprint density at radius 1 is 1.25 bits per heavy atom. The van der Waals surface area contributed by atoms with Crippen molar-refractivity contribution in [2.75, 3.05) is 24.4 Å². The van der Waals surface area contributed by atoms with E-state index in [1.165, 1.54) is 13.4 Å². The standard InChI is InChI=1S/C13H17N5O2/c1-20-11-12(16-8-17-13(11)18-14)15-7-10(19)9-5-3-2-4-6-9/h2-6,8,10,19H,7,14H2,1H3,(H2,15,16,17,18). The van der Waals surface area contributed by atoms with Gasteiger partial charge in [-0.25, -0.2) is 15.8 Å². The third-order valence-electron chi connectivity index (χ3n) is 2.79. The first-order chi connectivity index (χ1) is 9.76. The van der Waals surface area contributed by atoms with Gasteiger partial charge in [-0.05, 0) is 5.56 Å². The van der Waals surface area contributed by atoms with Gasteiger partial charge >= 0.3 is 0 Å². The van der Waals surface area contributed by atoms with Crippen LogP contribution in [0.3, 0.4) is 0 Å². The number of rotatable bonds is 6. The number of hydrazine groups is 1. The minimum atomic E-state index is -0.648. The molecule has 0 saturated carbocycles. The molecule has 0 aliphatic heterocycles. The van der Waals surface area contributed by atoms with E-state index < -0.39 is 6.10 Å². The van der Waals surface area contributed by atoms with Crippen molar-refractivity contribution >= 4 is 11.6 Å². The van der Waals surface area contributed by atoms with Crippen molar-refractivity contribution in [3.8, 4) is 5.75 Å². The summed E-state index contributed by atoms with van der Waals surface area (Å²) in [5.74, 6) is 6.58. The van der Waals surface area contributed by atoms with Crippen LogP contribution in [0.1, 0.15) is 11.7 Å². The number of nitrogens with zero attached hydrogens (tertiary/aromatic N) is 2. The van der Waals surface area contributed by atoms with E-state index in [1.54, 1.807) is 0 Å². The Balaban J connectivity index is 2.07. The molecule has 2 rings (SSSR count). The maximum atomic E-state index is 10.1. The summed E-state index contributed by atoms with van der Waals surface area (Å²) in [6.07, 6.45) is 0.708. The molecule has 7 heteroatoms. The van der Waals surface area contributed by atoms with E-state index in [0.29, 0.717) is 23.9 Å². The second kappa shape index (κ2) is 6.69. The molecular formula is C13H17N5O2. The summed E-state index contributed by atoms with van der Waals surface area (Å²) in [6, 6.07) is 9.36. The quantitative estimate of drug-likeness (QED) is 0.459. The molecule has 1 heterocycles. The minimum Gasteiger partial charge on any atom is -0.490 e. The molecule has 0 saturated heterocycles. The predicted molar refractivity (Wildman–Crippen MR) is 76.3 cm³/mol. The number of aliphatic hydroxyl groups is 1. The van der Waals surface area contributed by atoms with E-state index in [-0.39, 0.29) is 0 Å². The normalized spacial score (nSPS) is 11.8. The maximum absolute atomic E-state index is 10.1. The first kappa shape index (κ1) is 14.0. The van der Waals surface area contributed by atoms with E-state index in [1.807, 2.05) is 30.3 Å². The molecule has 0 amide bonds. The summed E-state index contributed by atoms with van der Waals surface area (Å²) in [6.45, 7) is 0.293. The predicted octanol–water partition coefficient (Wildman–Crippen LogP) is 0.916. The molecule has 2 aromatic rings.